The van der Waals surface area contributed by atoms with E-state index in [2.05, 4.69) is 38.7 Å². The molecule has 6 heteroatoms. The molecule has 0 unspecified atom stereocenters. The highest BCUT2D eigenvalue weighted by molar-refractivity contribution is 9.10. The van der Waals surface area contributed by atoms with Crippen molar-refractivity contribution in [2.24, 2.45) is 0 Å². The maximum absolute atomic E-state index is 12.1. The van der Waals surface area contributed by atoms with Crippen molar-refractivity contribution in [2.45, 2.75) is 6.42 Å². The van der Waals surface area contributed by atoms with E-state index in [-0.39, 0.29) is 5.91 Å². The Morgan fingerprint density at radius 3 is 2.61 bits per heavy atom. The zero-order valence-electron chi connectivity index (χ0n) is 12.6. The molecular formula is C17H17BrN2O2S. The van der Waals surface area contributed by atoms with Crippen LogP contribution in [-0.4, -0.2) is 24.7 Å². The maximum Gasteiger partial charge on any atom is 0.257 e. The number of thiocarbonyl (C=S) groups is 1. The highest BCUT2D eigenvalue weighted by atomic mass is 79.9. The SMILES string of the molecule is COc1ccc(C(=O)NC(=S)NCCc2ccccc2)cc1Br. The van der Waals surface area contributed by atoms with Gasteiger partial charge in [0.1, 0.15) is 5.75 Å². The van der Waals surface area contributed by atoms with Gasteiger partial charge in [-0.2, -0.15) is 0 Å². The molecule has 0 aliphatic rings. The topological polar surface area (TPSA) is 50.4 Å². The maximum atomic E-state index is 12.1. The number of carbonyl (C=O) groups excluding carboxylic acids is 1. The Hall–Kier alpha value is -1.92. The largest absolute Gasteiger partial charge is 0.496 e. The Balaban J connectivity index is 1.82. The second-order valence-electron chi connectivity index (χ2n) is 4.79. The molecule has 0 aromatic heterocycles. The summed E-state index contributed by atoms with van der Waals surface area (Å²) in [4.78, 5) is 12.1. The number of rotatable bonds is 5. The Morgan fingerprint density at radius 2 is 1.96 bits per heavy atom. The van der Waals surface area contributed by atoms with Crippen molar-refractivity contribution in [3.63, 3.8) is 0 Å². The van der Waals surface area contributed by atoms with Crippen molar-refractivity contribution in [1.82, 2.24) is 10.6 Å². The molecule has 0 radical (unpaired) electrons. The van der Waals surface area contributed by atoms with Crippen molar-refractivity contribution in [3.8, 4) is 5.75 Å². The second-order valence-corrected chi connectivity index (χ2v) is 6.06. The number of carbonyl (C=O) groups is 1. The van der Waals surface area contributed by atoms with E-state index >= 15 is 0 Å². The molecule has 0 bridgehead atoms. The summed E-state index contributed by atoms with van der Waals surface area (Å²) in [6.07, 6.45) is 0.838. The van der Waals surface area contributed by atoms with Gasteiger partial charge < -0.3 is 10.1 Å². The molecule has 0 saturated heterocycles. The van der Waals surface area contributed by atoms with Gasteiger partial charge >= 0.3 is 0 Å². The fraction of sp³-hybridized carbons (Fsp3) is 0.176. The standard InChI is InChI=1S/C17H17BrN2O2S/c1-22-15-8-7-13(11-14(15)18)16(21)20-17(23)19-10-9-12-5-3-2-4-6-12/h2-8,11H,9-10H2,1H3,(H2,19,20,21,23). The third-order valence-corrected chi connectivity index (χ3v) is 4.05. The summed E-state index contributed by atoms with van der Waals surface area (Å²) in [5, 5.41) is 6.02. The van der Waals surface area contributed by atoms with Crippen LogP contribution in [0.3, 0.4) is 0 Å². The first-order chi connectivity index (χ1) is 11.1. The van der Waals surface area contributed by atoms with Gasteiger partial charge in [0.25, 0.3) is 5.91 Å². The summed E-state index contributed by atoms with van der Waals surface area (Å²) in [7, 11) is 1.58. The second kappa shape index (κ2) is 8.64. The van der Waals surface area contributed by atoms with Crippen LogP contribution >= 0.6 is 28.1 Å². The third-order valence-electron chi connectivity index (χ3n) is 3.18. The number of halogens is 1. The Morgan fingerprint density at radius 1 is 1.22 bits per heavy atom. The lowest BCUT2D eigenvalue weighted by Gasteiger charge is -2.10. The Kier molecular flexibility index (Phi) is 6.55. The molecule has 0 atom stereocenters. The number of methoxy groups -OCH3 is 1. The number of hydrogen-bond donors (Lipinski definition) is 2. The average molecular weight is 393 g/mol. The van der Waals surface area contributed by atoms with Crippen LogP contribution in [0.25, 0.3) is 0 Å². The van der Waals surface area contributed by atoms with Gasteiger partial charge in [-0.15, -0.1) is 0 Å². The Labute approximate surface area is 149 Å². The molecule has 0 spiro atoms. The van der Waals surface area contributed by atoms with Crippen LogP contribution in [0.5, 0.6) is 5.75 Å². The lowest BCUT2D eigenvalue weighted by molar-refractivity contribution is 0.0976. The summed E-state index contributed by atoms with van der Waals surface area (Å²) in [6.45, 7) is 0.662. The highest BCUT2D eigenvalue weighted by Gasteiger charge is 2.10. The van der Waals surface area contributed by atoms with Crippen LogP contribution in [0.4, 0.5) is 0 Å². The first-order valence-electron chi connectivity index (χ1n) is 7.07. The van der Waals surface area contributed by atoms with E-state index in [0.29, 0.717) is 23.0 Å². The molecule has 2 N–H and O–H groups in total. The molecule has 120 valence electrons. The van der Waals surface area contributed by atoms with Crippen molar-refractivity contribution in [3.05, 3.63) is 64.1 Å². The minimum absolute atomic E-state index is 0.259. The van der Waals surface area contributed by atoms with Gasteiger partial charge in [-0.25, -0.2) is 0 Å². The predicted octanol–water partition coefficient (Wildman–Crippen LogP) is 3.30. The molecule has 0 fully saturated rings. The van der Waals surface area contributed by atoms with Crippen LogP contribution < -0.4 is 15.4 Å². The fourth-order valence-corrected chi connectivity index (χ4v) is 2.73. The van der Waals surface area contributed by atoms with E-state index in [0.717, 1.165) is 10.9 Å². The minimum atomic E-state index is -0.259. The average Bonchev–Trinajstić information content (AvgIpc) is 2.55. The zero-order valence-corrected chi connectivity index (χ0v) is 15.0. The van der Waals surface area contributed by atoms with Crippen molar-refractivity contribution in [1.29, 1.82) is 0 Å². The lowest BCUT2D eigenvalue weighted by Crippen LogP contribution is -2.40. The summed E-state index contributed by atoms with van der Waals surface area (Å²) in [5.41, 5.74) is 1.72. The zero-order chi connectivity index (χ0) is 16.7. The van der Waals surface area contributed by atoms with E-state index in [9.17, 15) is 4.79 Å². The van der Waals surface area contributed by atoms with Gasteiger partial charge in [0.2, 0.25) is 0 Å². The smallest absolute Gasteiger partial charge is 0.257 e. The lowest BCUT2D eigenvalue weighted by atomic mass is 10.1. The van der Waals surface area contributed by atoms with Gasteiger partial charge in [0, 0.05) is 12.1 Å². The molecule has 0 aliphatic carbocycles. The van der Waals surface area contributed by atoms with Crippen molar-refractivity contribution >= 4 is 39.2 Å². The van der Waals surface area contributed by atoms with Crippen molar-refractivity contribution in [2.75, 3.05) is 13.7 Å². The number of hydrogen-bond acceptors (Lipinski definition) is 3. The third kappa shape index (κ3) is 5.33. The molecule has 0 heterocycles. The van der Waals surface area contributed by atoms with E-state index in [1.807, 2.05) is 18.2 Å². The summed E-state index contributed by atoms with van der Waals surface area (Å²) in [5.74, 6) is 0.413. The summed E-state index contributed by atoms with van der Waals surface area (Å²) in [6, 6.07) is 15.2. The van der Waals surface area contributed by atoms with E-state index in [4.69, 9.17) is 17.0 Å². The number of ether oxygens (including phenoxy) is 1. The fourth-order valence-electron chi connectivity index (χ4n) is 1.99. The van der Waals surface area contributed by atoms with Gasteiger partial charge in [-0.05, 0) is 58.3 Å². The predicted molar refractivity (Wildman–Crippen MR) is 98.9 cm³/mol. The molecule has 2 aromatic rings. The number of amides is 1. The first kappa shape index (κ1) is 17.4. The van der Waals surface area contributed by atoms with Crippen LogP contribution in [0, 0.1) is 0 Å². The highest BCUT2D eigenvalue weighted by Crippen LogP contribution is 2.25. The van der Waals surface area contributed by atoms with E-state index in [1.165, 1.54) is 5.56 Å². The summed E-state index contributed by atoms with van der Waals surface area (Å²) >= 11 is 8.50. The van der Waals surface area contributed by atoms with Crippen molar-refractivity contribution < 1.29 is 9.53 Å². The monoisotopic (exact) mass is 392 g/mol. The molecule has 0 aliphatic heterocycles. The van der Waals surface area contributed by atoms with Crippen LogP contribution in [-0.2, 0) is 6.42 Å². The van der Waals surface area contributed by atoms with Gasteiger partial charge in [0.15, 0.2) is 5.11 Å². The number of benzene rings is 2. The Bertz CT molecular complexity index is 692. The molecule has 23 heavy (non-hydrogen) atoms. The molecule has 4 nitrogen and oxygen atoms in total. The van der Waals surface area contributed by atoms with E-state index in [1.54, 1.807) is 25.3 Å². The quantitative estimate of drug-likeness (QED) is 0.766. The van der Waals surface area contributed by atoms with Gasteiger partial charge in [-0.1, -0.05) is 30.3 Å². The van der Waals surface area contributed by atoms with E-state index < -0.39 is 0 Å². The van der Waals surface area contributed by atoms with Gasteiger partial charge in [-0.3, -0.25) is 10.1 Å². The van der Waals surface area contributed by atoms with Crippen LogP contribution in [0.1, 0.15) is 15.9 Å². The van der Waals surface area contributed by atoms with Gasteiger partial charge in [0.05, 0.1) is 11.6 Å². The summed E-state index contributed by atoms with van der Waals surface area (Å²) < 4.78 is 5.86. The minimum Gasteiger partial charge on any atom is -0.496 e. The van der Waals surface area contributed by atoms with Crippen LogP contribution in [0.15, 0.2) is 53.0 Å². The molecule has 2 rings (SSSR count). The molecule has 0 saturated carbocycles. The normalized spacial score (nSPS) is 10.0. The molecular weight excluding hydrogens is 376 g/mol. The molecule has 1 amide bonds. The van der Waals surface area contributed by atoms with Crippen LogP contribution in [0.2, 0.25) is 0 Å². The first-order valence-corrected chi connectivity index (χ1v) is 8.27. The molecule has 2 aromatic carbocycles. The number of nitrogens with one attached hydrogen (secondary N) is 2.